The van der Waals surface area contributed by atoms with E-state index in [1.54, 1.807) is 11.8 Å². The topological polar surface area (TPSA) is 72.9 Å². The van der Waals surface area contributed by atoms with Crippen molar-refractivity contribution in [2.24, 2.45) is 0 Å². The van der Waals surface area contributed by atoms with E-state index in [0.717, 1.165) is 29.8 Å². The molecule has 0 aliphatic carbocycles. The maximum atomic E-state index is 12.6. The quantitative estimate of drug-likeness (QED) is 0.610. The Labute approximate surface area is 141 Å². The average Bonchev–Trinajstić information content (AvgIpc) is 2.88. The summed E-state index contributed by atoms with van der Waals surface area (Å²) in [5.74, 6) is -1.68. The van der Waals surface area contributed by atoms with Crippen LogP contribution in [0, 0.1) is 0 Å². The summed E-state index contributed by atoms with van der Waals surface area (Å²) in [5, 5.41) is 0. The fourth-order valence-electron chi connectivity index (χ4n) is 2.69. The first-order valence-electron chi connectivity index (χ1n) is 7.90. The van der Waals surface area contributed by atoms with E-state index in [1.165, 1.54) is 6.92 Å². The van der Waals surface area contributed by atoms with Crippen LogP contribution in [0.4, 0.5) is 5.69 Å². The summed E-state index contributed by atoms with van der Waals surface area (Å²) in [6.07, 6.45) is 1.77. The molecule has 2 atom stereocenters. The molecule has 128 valence electrons. The zero-order chi connectivity index (χ0) is 17.7. The molecule has 0 fully saturated rings. The first-order chi connectivity index (χ1) is 11.4. The van der Waals surface area contributed by atoms with Gasteiger partial charge in [-0.3, -0.25) is 4.79 Å². The molecule has 1 aromatic rings. The van der Waals surface area contributed by atoms with Crippen molar-refractivity contribution in [1.29, 1.82) is 0 Å². The van der Waals surface area contributed by atoms with E-state index in [9.17, 15) is 14.4 Å². The van der Waals surface area contributed by atoms with Gasteiger partial charge in [-0.1, -0.05) is 18.2 Å². The van der Waals surface area contributed by atoms with E-state index in [4.69, 9.17) is 4.74 Å². The number of para-hydroxylation sites is 1. The third-order valence-corrected chi connectivity index (χ3v) is 3.73. The maximum absolute atomic E-state index is 12.6. The van der Waals surface area contributed by atoms with Crippen LogP contribution in [-0.4, -0.2) is 36.6 Å². The van der Waals surface area contributed by atoms with Crippen LogP contribution in [0.25, 0.3) is 0 Å². The van der Waals surface area contributed by atoms with Gasteiger partial charge in [0.25, 0.3) is 5.91 Å². The van der Waals surface area contributed by atoms with Crippen LogP contribution >= 0.6 is 0 Å². The lowest BCUT2D eigenvalue weighted by Crippen LogP contribution is -2.43. The molecule has 6 heteroatoms. The van der Waals surface area contributed by atoms with E-state index >= 15 is 0 Å². The summed E-state index contributed by atoms with van der Waals surface area (Å²) in [4.78, 5) is 37.2. The number of ether oxygens (including phenoxy) is 2. The van der Waals surface area contributed by atoms with Gasteiger partial charge in [-0.15, -0.1) is 0 Å². The van der Waals surface area contributed by atoms with Gasteiger partial charge in [-0.2, -0.15) is 0 Å². The van der Waals surface area contributed by atoms with Crippen molar-refractivity contribution >= 4 is 23.5 Å². The third-order valence-electron chi connectivity index (χ3n) is 3.73. The molecule has 1 aromatic carbocycles. The maximum Gasteiger partial charge on any atom is 0.331 e. The largest absolute Gasteiger partial charge is 0.463 e. The molecule has 0 N–H and O–H groups in total. The number of esters is 2. The summed E-state index contributed by atoms with van der Waals surface area (Å²) in [6.45, 7) is 5.36. The predicted octanol–water partition coefficient (Wildman–Crippen LogP) is 2.02. The van der Waals surface area contributed by atoms with Crippen LogP contribution in [0.1, 0.15) is 26.3 Å². The van der Waals surface area contributed by atoms with Gasteiger partial charge in [-0.05, 0) is 38.8 Å². The smallest absolute Gasteiger partial charge is 0.331 e. The van der Waals surface area contributed by atoms with Crippen molar-refractivity contribution in [1.82, 2.24) is 0 Å². The Kier molecular flexibility index (Phi) is 5.73. The lowest BCUT2D eigenvalue weighted by atomic mass is 10.1. The third kappa shape index (κ3) is 4.01. The number of rotatable bonds is 5. The zero-order valence-electron chi connectivity index (χ0n) is 14.0. The first kappa shape index (κ1) is 17.7. The summed E-state index contributed by atoms with van der Waals surface area (Å²) in [6, 6.07) is 7.68. The number of carbonyl (C=O) groups excluding carboxylic acids is 3. The summed E-state index contributed by atoms with van der Waals surface area (Å²) in [7, 11) is 0. The number of fused-ring (bicyclic) bond motifs is 1. The lowest BCUT2D eigenvalue weighted by Gasteiger charge is -2.25. The highest BCUT2D eigenvalue weighted by atomic mass is 16.5. The summed E-state index contributed by atoms with van der Waals surface area (Å²) < 4.78 is 9.76. The monoisotopic (exact) mass is 331 g/mol. The van der Waals surface area contributed by atoms with Crippen molar-refractivity contribution in [3.05, 3.63) is 42.0 Å². The fourth-order valence-corrected chi connectivity index (χ4v) is 2.69. The average molecular weight is 331 g/mol. The number of anilines is 1. The van der Waals surface area contributed by atoms with Gasteiger partial charge < -0.3 is 14.4 Å². The van der Waals surface area contributed by atoms with Gasteiger partial charge in [0.05, 0.1) is 6.61 Å². The predicted molar refractivity (Wildman–Crippen MR) is 88.4 cm³/mol. The molecule has 0 radical (unpaired) electrons. The van der Waals surface area contributed by atoms with Crippen molar-refractivity contribution in [2.45, 2.75) is 39.3 Å². The Morgan fingerprint density at radius 3 is 2.62 bits per heavy atom. The Balaban J connectivity index is 2.00. The molecule has 0 saturated carbocycles. The number of nitrogens with zero attached hydrogens (tertiary/aromatic N) is 1. The Hall–Kier alpha value is -2.63. The molecule has 1 heterocycles. The van der Waals surface area contributed by atoms with E-state index < -0.39 is 18.0 Å². The van der Waals surface area contributed by atoms with Gasteiger partial charge in [0.15, 0.2) is 6.10 Å². The van der Waals surface area contributed by atoms with Gasteiger partial charge in [0.1, 0.15) is 0 Å². The molecule has 0 bridgehead atoms. The van der Waals surface area contributed by atoms with Gasteiger partial charge in [0.2, 0.25) is 0 Å². The lowest BCUT2D eigenvalue weighted by molar-refractivity contribution is -0.149. The highest BCUT2D eigenvalue weighted by Gasteiger charge is 2.34. The molecule has 0 saturated heterocycles. The van der Waals surface area contributed by atoms with Crippen molar-refractivity contribution in [2.75, 3.05) is 11.5 Å². The molecule has 24 heavy (non-hydrogen) atoms. The van der Waals surface area contributed by atoms with Crippen molar-refractivity contribution in [3.8, 4) is 0 Å². The molecule has 1 amide bonds. The van der Waals surface area contributed by atoms with Crippen LogP contribution in [-0.2, 0) is 30.3 Å². The second-order valence-electron chi connectivity index (χ2n) is 5.55. The van der Waals surface area contributed by atoms with Crippen LogP contribution < -0.4 is 4.90 Å². The highest BCUT2D eigenvalue weighted by molar-refractivity contribution is 6.00. The van der Waals surface area contributed by atoms with Gasteiger partial charge in [-0.25, -0.2) is 9.59 Å². The Morgan fingerprint density at radius 1 is 1.25 bits per heavy atom. The molecule has 0 spiro atoms. The van der Waals surface area contributed by atoms with Crippen LogP contribution in [0.5, 0.6) is 0 Å². The van der Waals surface area contributed by atoms with Crippen molar-refractivity contribution in [3.63, 3.8) is 0 Å². The summed E-state index contributed by atoms with van der Waals surface area (Å²) in [5.41, 5.74) is 1.94. The van der Waals surface area contributed by atoms with E-state index in [1.807, 2.05) is 31.2 Å². The van der Waals surface area contributed by atoms with E-state index in [0.29, 0.717) is 0 Å². The number of amides is 1. The molecule has 6 nitrogen and oxygen atoms in total. The SMILES string of the molecule is CCOC(=O)/C=C/C(=O)O[C@@H](C)C(=O)N1c2ccccc2C[C@@H]1C. The van der Waals surface area contributed by atoms with Crippen LogP contribution in [0.15, 0.2) is 36.4 Å². The van der Waals surface area contributed by atoms with Crippen LogP contribution in [0.2, 0.25) is 0 Å². The van der Waals surface area contributed by atoms with Gasteiger partial charge in [0, 0.05) is 23.9 Å². The molecule has 1 aliphatic rings. The Morgan fingerprint density at radius 2 is 1.92 bits per heavy atom. The Bertz CT molecular complexity index is 667. The second kappa shape index (κ2) is 7.77. The number of hydrogen-bond donors (Lipinski definition) is 0. The summed E-state index contributed by atoms with van der Waals surface area (Å²) >= 11 is 0. The van der Waals surface area contributed by atoms with E-state index in [2.05, 4.69) is 4.74 Å². The number of carbonyl (C=O) groups is 3. The second-order valence-corrected chi connectivity index (χ2v) is 5.55. The number of benzene rings is 1. The molecule has 0 unspecified atom stereocenters. The van der Waals surface area contributed by atoms with Crippen LogP contribution in [0.3, 0.4) is 0 Å². The minimum absolute atomic E-state index is 0.00567. The molecule has 1 aliphatic heterocycles. The molecular weight excluding hydrogens is 310 g/mol. The highest BCUT2D eigenvalue weighted by Crippen LogP contribution is 2.32. The molecule has 2 rings (SSSR count). The number of hydrogen-bond acceptors (Lipinski definition) is 5. The van der Waals surface area contributed by atoms with Crippen molar-refractivity contribution < 1.29 is 23.9 Å². The minimum Gasteiger partial charge on any atom is -0.463 e. The normalized spacial score (nSPS) is 17.5. The zero-order valence-corrected chi connectivity index (χ0v) is 14.0. The van der Waals surface area contributed by atoms with E-state index in [-0.39, 0.29) is 18.6 Å². The minimum atomic E-state index is -0.946. The molecular formula is C18H21NO5. The fraction of sp³-hybridized carbons (Fsp3) is 0.389. The molecule has 0 aromatic heterocycles. The van der Waals surface area contributed by atoms with Gasteiger partial charge >= 0.3 is 11.9 Å². The first-order valence-corrected chi connectivity index (χ1v) is 7.90. The standard InChI is InChI=1S/C18H21NO5/c1-4-23-16(20)9-10-17(21)24-13(3)18(22)19-12(2)11-14-7-5-6-8-15(14)19/h5-10,12-13H,4,11H2,1-3H3/b10-9+/t12-,13-/m0/s1.